The van der Waals surface area contributed by atoms with Gasteiger partial charge in [0.05, 0.1) is 19.2 Å². The number of carbonyl (C=O) groups is 4. The number of imide groups is 1. The minimum atomic E-state index is -1.10. The quantitative estimate of drug-likeness (QED) is 0.565. The van der Waals surface area contributed by atoms with E-state index < -0.39 is 17.8 Å². The number of fused-ring (bicyclic) bond motifs is 1. The number of carbonyl (C=O) groups excluding carboxylic acids is 3. The summed E-state index contributed by atoms with van der Waals surface area (Å²) in [5.41, 5.74) is 2.40. The molecule has 166 valence electrons. The smallest absolute Gasteiger partial charge is 0.335 e. The summed E-state index contributed by atoms with van der Waals surface area (Å²) in [6.07, 6.45) is 0. The van der Waals surface area contributed by atoms with E-state index in [2.05, 4.69) is 5.32 Å². The van der Waals surface area contributed by atoms with Gasteiger partial charge in [-0.15, -0.1) is 0 Å². The van der Waals surface area contributed by atoms with Crippen LogP contribution in [-0.4, -0.2) is 40.8 Å². The predicted octanol–water partition coefficient (Wildman–Crippen LogP) is 3.12. The summed E-state index contributed by atoms with van der Waals surface area (Å²) in [5.74, 6) is -1.74. The van der Waals surface area contributed by atoms with E-state index in [9.17, 15) is 19.2 Å². The molecule has 8 nitrogen and oxygen atoms in total. The van der Waals surface area contributed by atoms with Crippen molar-refractivity contribution < 1.29 is 29.0 Å². The lowest BCUT2D eigenvalue weighted by atomic mass is 10.1. The van der Waals surface area contributed by atoms with Gasteiger partial charge in [-0.1, -0.05) is 18.2 Å². The lowest BCUT2D eigenvalue weighted by Crippen LogP contribution is -2.31. The van der Waals surface area contributed by atoms with Crippen molar-refractivity contribution in [3.63, 3.8) is 0 Å². The van der Waals surface area contributed by atoms with Gasteiger partial charge in [0.1, 0.15) is 5.75 Å². The molecule has 0 aliphatic carbocycles. The zero-order chi connectivity index (χ0) is 23.5. The lowest BCUT2D eigenvalue weighted by Gasteiger charge is -2.13. The molecule has 1 aliphatic heterocycles. The number of nitrogens with zero attached hydrogens (tertiary/aromatic N) is 1. The van der Waals surface area contributed by atoms with Gasteiger partial charge in [-0.05, 0) is 59.7 Å². The largest absolute Gasteiger partial charge is 0.497 e. The maximum atomic E-state index is 12.9. The molecule has 0 unspecified atom stereocenters. The monoisotopic (exact) mass is 444 g/mol. The maximum Gasteiger partial charge on any atom is 0.335 e. The third-order valence-electron chi connectivity index (χ3n) is 5.41. The average Bonchev–Trinajstić information content (AvgIpc) is 3.18. The van der Waals surface area contributed by atoms with Crippen LogP contribution in [0.25, 0.3) is 0 Å². The minimum Gasteiger partial charge on any atom is -0.497 e. The van der Waals surface area contributed by atoms with E-state index in [1.165, 1.54) is 30.3 Å². The van der Waals surface area contributed by atoms with E-state index in [0.717, 1.165) is 16.2 Å². The number of hydrogen-bond acceptors (Lipinski definition) is 5. The molecule has 8 heteroatoms. The van der Waals surface area contributed by atoms with Gasteiger partial charge in [-0.3, -0.25) is 19.3 Å². The highest BCUT2D eigenvalue weighted by atomic mass is 16.5. The van der Waals surface area contributed by atoms with Crippen molar-refractivity contribution in [1.29, 1.82) is 0 Å². The number of ether oxygens (including phenoxy) is 1. The molecule has 1 heterocycles. The fourth-order valence-corrected chi connectivity index (χ4v) is 3.55. The molecular formula is C25H20N2O6. The van der Waals surface area contributed by atoms with Crippen LogP contribution in [0.2, 0.25) is 0 Å². The summed E-state index contributed by atoms with van der Waals surface area (Å²) in [6, 6.07) is 17.4. The van der Waals surface area contributed by atoms with E-state index in [0.29, 0.717) is 23.2 Å². The molecule has 0 bridgehead atoms. The molecule has 0 atom stereocenters. The van der Waals surface area contributed by atoms with Gasteiger partial charge in [-0.2, -0.15) is 0 Å². The third-order valence-corrected chi connectivity index (χ3v) is 5.41. The Kier molecular flexibility index (Phi) is 5.91. The van der Waals surface area contributed by atoms with Crippen LogP contribution in [-0.2, 0) is 13.1 Å². The first-order chi connectivity index (χ1) is 15.9. The highest BCUT2D eigenvalue weighted by Crippen LogP contribution is 2.26. The Morgan fingerprint density at radius 2 is 1.58 bits per heavy atom. The second-order valence-corrected chi connectivity index (χ2v) is 7.48. The Hall–Kier alpha value is -4.46. The van der Waals surface area contributed by atoms with E-state index in [4.69, 9.17) is 9.84 Å². The Morgan fingerprint density at radius 1 is 0.939 bits per heavy atom. The number of amides is 3. The molecular weight excluding hydrogens is 424 g/mol. The molecule has 0 saturated heterocycles. The summed E-state index contributed by atoms with van der Waals surface area (Å²) in [5, 5.41) is 11.8. The van der Waals surface area contributed by atoms with E-state index in [1.54, 1.807) is 31.4 Å². The molecule has 0 fully saturated rings. The summed E-state index contributed by atoms with van der Waals surface area (Å²) < 4.78 is 5.11. The topological polar surface area (TPSA) is 113 Å². The predicted molar refractivity (Wildman–Crippen MR) is 118 cm³/mol. The fourth-order valence-electron chi connectivity index (χ4n) is 3.55. The maximum absolute atomic E-state index is 12.9. The first-order valence-electron chi connectivity index (χ1n) is 10.1. The molecule has 33 heavy (non-hydrogen) atoms. The van der Waals surface area contributed by atoms with Crippen LogP contribution in [0, 0.1) is 0 Å². The van der Waals surface area contributed by atoms with Gasteiger partial charge in [0.2, 0.25) is 0 Å². The molecule has 0 saturated carbocycles. The zero-order valence-electron chi connectivity index (χ0n) is 17.7. The number of carboxylic acid groups (broad SMARTS) is 1. The Bertz CT molecular complexity index is 1250. The van der Waals surface area contributed by atoms with Crippen LogP contribution in [0.5, 0.6) is 5.75 Å². The Morgan fingerprint density at radius 3 is 2.21 bits per heavy atom. The first-order valence-corrected chi connectivity index (χ1v) is 10.1. The zero-order valence-corrected chi connectivity index (χ0v) is 17.7. The Balaban J connectivity index is 1.45. The van der Waals surface area contributed by atoms with Crippen LogP contribution in [0.1, 0.15) is 52.6 Å². The third kappa shape index (κ3) is 4.45. The van der Waals surface area contributed by atoms with Crippen LogP contribution in [0.4, 0.5) is 0 Å². The molecule has 0 aromatic heterocycles. The summed E-state index contributed by atoms with van der Waals surface area (Å²) in [4.78, 5) is 50.3. The molecule has 0 spiro atoms. The van der Waals surface area contributed by atoms with Crippen molar-refractivity contribution in [2.45, 2.75) is 13.1 Å². The van der Waals surface area contributed by atoms with Crippen molar-refractivity contribution in [3.05, 3.63) is 100 Å². The van der Waals surface area contributed by atoms with Gasteiger partial charge >= 0.3 is 5.97 Å². The van der Waals surface area contributed by atoms with Gasteiger partial charge in [0.15, 0.2) is 0 Å². The molecule has 1 aliphatic rings. The van der Waals surface area contributed by atoms with Gasteiger partial charge in [0, 0.05) is 23.2 Å². The number of benzene rings is 3. The van der Waals surface area contributed by atoms with Crippen molar-refractivity contribution in [3.8, 4) is 5.75 Å². The fraction of sp³-hybridized carbons (Fsp3) is 0.120. The number of aromatic carboxylic acids is 1. The van der Waals surface area contributed by atoms with Gasteiger partial charge in [0.25, 0.3) is 17.7 Å². The Labute approximate surface area is 189 Å². The average molecular weight is 444 g/mol. The number of hydrogen-bond donors (Lipinski definition) is 2. The lowest BCUT2D eigenvalue weighted by molar-refractivity contribution is 0.0627. The van der Waals surface area contributed by atoms with Crippen LogP contribution >= 0.6 is 0 Å². The summed E-state index contributed by atoms with van der Waals surface area (Å²) in [6.45, 7) is 0.395. The highest BCUT2D eigenvalue weighted by Gasteiger charge is 2.33. The first kappa shape index (κ1) is 21.8. The van der Waals surface area contributed by atoms with Crippen LogP contribution in [0.3, 0.4) is 0 Å². The van der Waals surface area contributed by atoms with E-state index in [-0.39, 0.29) is 23.6 Å². The minimum absolute atomic E-state index is 0.0490. The molecule has 3 amide bonds. The van der Waals surface area contributed by atoms with Crippen LogP contribution < -0.4 is 10.1 Å². The molecule has 3 aromatic carbocycles. The second kappa shape index (κ2) is 8.96. The van der Waals surface area contributed by atoms with E-state index in [1.807, 2.05) is 12.1 Å². The normalized spacial score (nSPS) is 12.3. The molecule has 3 aromatic rings. The molecule has 4 rings (SSSR count). The van der Waals surface area contributed by atoms with Gasteiger partial charge < -0.3 is 15.2 Å². The number of methoxy groups -OCH3 is 1. The highest BCUT2D eigenvalue weighted by molar-refractivity contribution is 6.13. The van der Waals surface area contributed by atoms with Crippen molar-refractivity contribution in [1.82, 2.24) is 10.2 Å². The SMILES string of the molecule is COc1ccc(CNC(=O)c2ccc3c(c2)C(=O)N(C(=O)c2ccc(C(=O)O)cc2)C3)cc1. The number of carboxylic acids is 1. The van der Waals surface area contributed by atoms with Gasteiger partial charge in [-0.25, -0.2) is 4.79 Å². The summed E-state index contributed by atoms with van der Waals surface area (Å²) in [7, 11) is 1.58. The summed E-state index contributed by atoms with van der Waals surface area (Å²) >= 11 is 0. The standard InChI is InChI=1S/C25H20N2O6/c1-33-20-10-2-15(3-11-20)13-26-22(28)18-8-9-19-14-27(24(30)21(19)12-18)23(29)16-4-6-17(7-5-16)25(31)32/h2-12H,13-14H2,1H3,(H,26,28)(H,31,32). The van der Waals surface area contributed by atoms with Crippen molar-refractivity contribution >= 4 is 23.7 Å². The molecule has 2 N–H and O–H groups in total. The van der Waals surface area contributed by atoms with Crippen LogP contribution in [0.15, 0.2) is 66.7 Å². The van der Waals surface area contributed by atoms with E-state index >= 15 is 0 Å². The van der Waals surface area contributed by atoms with Crippen molar-refractivity contribution in [2.75, 3.05) is 7.11 Å². The molecule has 0 radical (unpaired) electrons. The van der Waals surface area contributed by atoms with Crippen molar-refractivity contribution in [2.24, 2.45) is 0 Å². The second-order valence-electron chi connectivity index (χ2n) is 7.48. The number of nitrogens with one attached hydrogen (secondary N) is 1. The number of rotatable bonds is 6.